The molecule has 1 atom stereocenters. The maximum atomic E-state index is 11.9. The van der Waals surface area contributed by atoms with Gasteiger partial charge in [0.05, 0.1) is 19.6 Å². The van der Waals surface area contributed by atoms with Crippen LogP contribution in [-0.2, 0) is 22.5 Å². The molecular weight excluding hydrogens is 292 g/mol. The van der Waals surface area contributed by atoms with Crippen molar-refractivity contribution in [1.82, 2.24) is 20.1 Å². The van der Waals surface area contributed by atoms with Gasteiger partial charge in [-0.15, -0.1) is 11.3 Å². The highest BCUT2D eigenvalue weighted by molar-refractivity contribution is 7.09. The number of amides is 1. The van der Waals surface area contributed by atoms with Crippen LogP contribution in [0.1, 0.15) is 23.2 Å². The van der Waals surface area contributed by atoms with E-state index in [1.54, 1.807) is 11.3 Å². The summed E-state index contributed by atoms with van der Waals surface area (Å²) in [6, 6.07) is 4.04. The summed E-state index contributed by atoms with van der Waals surface area (Å²) < 4.78 is 7.06. The number of thiophene rings is 1. The second kappa shape index (κ2) is 6.23. The molecule has 0 bridgehead atoms. The fourth-order valence-corrected chi connectivity index (χ4v) is 3.03. The molecule has 0 fully saturated rings. The number of ether oxygens (including phenoxy) is 1. The van der Waals surface area contributed by atoms with Crippen molar-refractivity contribution in [2.24, 2.45) is 0 Å². The number of H-pyrrole nitrogens is 1. The van der Waals surface area contributed by atoms with E-state index in [1.165, 1.54) is 9.44 Å². The van der Waals surface area contributed by atoms with Crippen LogP contribution < -0.4 is 11.0 Å². The summed E-state index contributed by atoms with van der Waals surface area (Å²) in [6.45, 7) is 1.49. The van der Waals surface area contributed by atoms with Crippen LogP contribution in [-0.4, -0.2) is 33.8 Å². The molecule has 3 heterocycles. The molecule has 3 rings (SSSR count). The van der Waals surface area contributed by atoms with Gasteiger partial charge in [-0.3, -0.25) is 9.36 Å². The van der Waals surface area contributed by atoms with Crippen molar-refractivity contribution in [3.05, 3.63) is 38.7 Å². The first kappa shape index (κ1) is 14.0. The molecule has 0 saturated carbocycles. The van der Waals surface area contributed by atoms with Crippen molar-refractivity contribution in [2.75, 3.05) is 13.2 Å². The summed E-state index contributed by atoms with van der Waals surface area (Å²) in [5, 5.41) is 11.2. The SMILES string of the molecule is O=C(CC1OCCn2c1n[nH]c2=O)NCCc1cccs1. The van der Waals surface area contributed by atoms with Crippen LogP contribution in [0.25, 0.3) is 0 Å². The number of aromatic nitrogens is 3. The van der Waals surface area contributed by atoms with Crippen molar-refractivity contribution in [1.29, 1.82) is 0 Å². The van der Waals surface area contributed by atoms with Gasteiger partial charge in [0.2, 0.25) is 5.91 Å². The standard InChI is InChI=1S/C13H16N4O3S/c18-11(14-4-3-9-2-1-7-21-9)8-10-12-15-16-13(19)17(12)5-6-20-10/h1-2,7,10H,3-6,8H2,(H,14,18)(H,16,19). The maximum Gasteiger partial charge on any atom is 0.343 e. The zero-order chi connectivity index (χ0) is 14.7. The van der Waals surface area contributed by atoms with E-state index in [0.29, 0.717) is 25.5 Å². The van der Waals surface area contributed by atoms with Crippen LogP contribution in [0.15, 0.2) is 22.3 Å². The summed E-state index contributed by atoms with van der Waals surface area (Å²) in [5.74, 6) is 0.403. The lowest BCUT2D eigenvalue weighted by atomic mass is 10.2. The number of hydrogen-bond donors (Lipinski definition) is 2. The Morgan fingerprint density at radius 1 is 1.62 bits per heavy atom. The van der Waals surface area contributed by atoms with Crippen LogP contribution in [0.2, 0.25) is 0 Å². The number of hydrogen-bond acceptors (Lipinski definition) is 5. The normalized spacial score (nSPS) is 17.4. The molecule has 0 spiro atoms. The van der Waals surface area contributed by atoms with Gasteiger partial charge in [-0.2, -0.15) is 5.10 Å². The molecule has 2 N–H and O–H groups in total. The molecule has 1 aliphatic rings. The van der Waals surface area contributed by atoms with Crippen LogP contribution in [0, 0.1) is 0 Å². The molecule has 1 amide bonds. The molecule has 1 aliphatic heterocycles. The molecule has 1 unspecified atom stereocenters. The van der Waals surface area contributed by atoms with E-state index in [2.05, 4.69) is 15.5 Å². The highest BCUT2D eigenvalue weighted by atomic mass is 32.1. The number of nitrogens with zero attached hydrogens (tertiary/aromatic N) is 2. The summed E-state index contributed by atoms with van der Waals surface area (Å²) >= 11 is 1.68. The molecule has 0 aromatic carbocycles. The van der Waals surface area contributed by atoms with E-state index in [1.807, 2.05) is 17.5 Å². The fraction of sp³-hybridized carbons (Fsp3) is 0.462. The molecule has 0 saturated heterocycles. The summed E-state index contributed by atoms with van der Waals surface area (Å²) in [4.78, 5) is 24.7. The lowest BCUT2D eigenvalue weighted by Crippen LogP contribution is -2.33. The lowest BCUT2D eigenvalue weighted by Gasteiger charge is -2.22. The Hall–Kier alpha value is -1.93. The van der Waals surface area contributed by atoms with Gasteiger partial charge in [0.25, 0.3) is 0 Å². The highest BCUT2D eigenvalue weighted by Gasteiger charge is 2.26. The van der Waals surface area contributed by atoms with Crippen LogP contribution in [0.3, 0.4) is 0 Å². The van der Waals surface area contributed by atoms with Crippen molar-refractivity contribution < 1.29 is 9.53 Å². The van der Waals surface area contributed by atoms with E-state index in [-0.39, 0.29) is 18.0 Å². The zero-order valence-electron chi connectivity index (χ0n) is 11.4. The Bertz CT molecular complexity index is 661. The Balaban J connectivity index is 1.52. The Labute approximate surface area is 124 Å². The summed E-state index contributed by atoms with van der Waals surface area (Å²) in [6.07, 6.45) is 0.538. The molecule has 7 nitrogen and oxygen atoms in total. The predicted molar refractivity (Wildman–Crippen MR) is 77.2 cm³/mol. The van der Waals surface area contributed by atoms with Gasteiger partial charge in [-0.05, 0) is 17.9 Å². The Kier molecular flexibility index (Phi) is 4.16. The number of fused-ring (bicyclic) bond motifs is 1. The number of carbonyl (C=O) groups is 1. The first-order chi connectivity index (χ1) is 10.2. The third kappa shape index (κ3) is 3.22. The summed E-state index contributed by atoms with van der Waals surface area (Å²) in [7, 11) is 0. The molecule has 2 aromatic rings. The van der Waals surface area contributed by atoms with Gasteiger partial charge in [-0.1, -0.05) is 6.07 Å². The number of carbonyl (C=O) groups excluding carboxylic acids is 1. The number of nitrogens with one attached hydrogen (secondary N) is 2. The van der Waals surface area contributed by atoms with Crippen molar-refractivity contribution in [3.63, 3.8) is 0 Å². The minimum Gasteiger partial charge on any atom is -0.368 e. The molecular formula is C13H16N4O3S. The molecule has 2 aromatic heterocycles. The molecule has 8 heteroatoms. The average molecular weight is 308 g/mol. The minimum atomic E-state index is -0.459. The first-order valence-corrected chi connectivity index (χ1v) is 7.68. The number of aromatic amines is 1. The van der Waals surface area contributed by atoms with E-state index in [9.17, 15) is 9.59 Å². The highest BCUT2D eigenvalue weighted by Crippen LogP contribution is 2.21. The number of rotatable bonds is 5. The molecule has 21 heavy (non-hydrogen) atoms. The van der Waals surface area contributed by atoms with E-state index in [4.69, 9.17) is 4.74 Å². The second-order valence-corrected chi connectivity index (χ2v) is 5.81. The van der Waals surface area contributed by atoms with Gasteiger partial charge < -0.3 is 10.1 Å². The minimum absolute atomic E-state index is 0.0968. The van der Waals surface area contributed by atoms with Gasteiger partial charge >= 0.3 is 5.69 Å². The van der Waals surface area contributed by atoms with Crippen LogP contribution in [0.5, 0.6) is 0 Å². The van der Waals surface area contributed by atoms with Crippen LogP contribution >= 0.6 is 11.3 Å². The largest absolute Gasteiger partial charge is 0.368 e. The topological polar surface area (TPSA) is 89.0 Å². The lowest BCUT2D eigenvalue weighted by molar-refractivity contribution is -0.125. The Morgan fingerprint density at radius 2 is 2.52 bits per heavy atom. The average Bonchev–Trinajstić information content (AvgIpc) is 3.10. The second-order valence-electron chi connectivity index (χ2n) is 4.78. The zero-order valence-corrected chi connectivity index (χ0v) is 12.2. The van der Waals surface area contributed by atoms with Crippen molar-refractivity contribution >= 4 is 17.2 Å². The van der Waals surface area contributed by atoms with Crippen molar-refractivity contribution in [2.45, 2.75) is 25.5 Å². The molecule has 0 aliphatic carbocycles. The third-order valence-corrected chi connectivity index (χ3v) is 4.29. The van der Waals surface area contributed by atoms with Crippen LogP contribution in [0.4, 0.5) is 0 Å². The van der Waals surface area contributed by atoms with E-state index >= 15 is 0 Å². The molecule has 0 radical (unpaired) electrons. The summed E-state index contributed by atoms with van der Waals surface area (Å²) in [5.41, 5.74) is -0.253. The third-order valence-electron chi connectivity index (χ3n) is 3.35. The van der Waals surface area contributed by atoms with E-state index < -0.39 is 6.10 Å². The van der Waals surface area contributed by atoms with Gasteiger partial charge in [0.15, 0.2) is 5.82 Å². The Morgan fingerprint density at radius 3 is 3.33 bits per heavy atom. The molecule has 112 valence electrons. The van der Waals surface area contributed by atoms with Gasteiger partial charge in [0, 0.05) is 11.4 Å². The quantitative estimate of drug-likeness (QED) is 0.839. The first-order valence-electron chi connectivity index (χ1n) is 6.80. The van der Waals surface area contributed by atoms with Crippen molar-refractivity contribution in [3.8, 4) is 0 Å². The smallest absolute Gasteiger partial charge is 0.343 e. The van der Waals surface area contributed by atoms with E-state index in [0.717, 1.165) is 6.42 Å². The fourth-order valence-electron chi connectivity index (χ4n) is 2.32. The van der Waals surface area contributed by atoms with Gasteiger partial charge in [-0.25, -0.2) is 9.89 Å². The maximum absolute atomic E-state index is 11.9. The van der Waals surface area contributed by atoms with Gasteiger partial charge in [0.1, 0.15) is 6.10 Å². The monoisotopic (exact) mass is 308 g/mol. The predicted octanol–water partition coefficient (Wildman–Crippen LogP) is 0.453.